The summed E-state index contributed by atoms with van der Waals surface area (Å²) in [5.74, 6) is 1.47. The van der Waals surface area contributed by atoms with E-state index in [0.29, 0.717) is 67.5 Å². The molecule has 0 radical (unpaired) electrons. The number of nitro groups is 1. The molecule has 10 atom stereocenters. The van der Waals surface area contributed by atoms with Crippen molar-refractivity contribution in [3.63, 3.8) is 0 Å². The molecule has 560 valence electrons. The number of ether oxygens (including phenoxy) is 13. The summed E-state index contributed by atoms with van der Waals surface area (Å²) < 4.78 is 131. The van der Waals surface area contributed by atoms with E-state index in [-0.39, 0.29) is 128 Å². The molecule has 1 aromatic heterocycles. The van der Waals surface area contributed by atoms with Gasteiger partial charge in [0.1, 0.15) is 29.5 Å². The molecule has 35 heteroatoms. The number of benzene rings is 5. The second-order valence-corrected chi connectivity index (χ2v) is 29.9. The van der Waals surface area contributed by atoms with Crippen molar-refractivity contribution in [2.24, 2.45) is 23.7 Å². The molecule has 0 aliphatic carbocycles. The Kier molecular flexibility index (Phi) is 25.1. The third-order valence-electron chi connectivity index (χ3n) is 17.5. The van der Waals surface area contributed by atoms with Crippen LogP contribution in [0.1, 0.15) is 51.7 Å². The molecule has 5 aromatic carbocycles. The molecule has 0 saturated carbocycles. The lowest BCUT2D eigenvalue weighted by molar-refractivity contribution is -0.384. The van der Waals surface area contributed by atoms with Crippen LogP contribution in [0.25, 0.3) is 0 Å². The van der Waals surface area contributed by atoms with Gasteiger partial charge in [0.15, 0.2) is 35.6 Å². The molecule has 3 amide bonds. The number of nitrogens with one attached hydrogen (secondary N) is 3. The second-order valence-electron chi connectivity index (χ2n) is 26.1. The fourth-order valence-electron chi connectivity index (χ4n) is 12.3. The first-order valence-corrected chi connectivity index (χ1v) is 36.6. The lowest BCUT2D eigenvalue weighted by atomic mass is 10.0. The maximum absolute atomic E-state index is 13.9. The number of hydrogen-bond acceptors (Lipinski definition) is 26. The predicted molar refractivity (Wildman–Crippen MR) is 363 cm³/mol. The number of carbonyl (C=O) groups excluding carboxylic acids is 4. The molecule has 7 heterocycles. The number of non-ortho nitro benzene ring substituents is 1. The number of aliphatic hydroxyl groups is 2. The maximum Gasteiger partial charge on any atom is 0.519 e. The molecule has 33 nitrogen and oxygen atoms in total. The first kappa shape index (κ1) is 75.7. The van der Waals surface area contributed by atoms with Crippen molar-refractivity contribution in [1.29, 1.82) is 0 Å². The van der Waals surface area contributed by atoms with Crippen molar-refractivity contribution in [3.8, 4) is 40.2 Å². The van der Waals surface area contributed by atoms with Gasteiger partial charge in [-0.05, 0) is 109 Å². The van der Waals surface area contributed by atoms with Crippen LogP contribution in [-0.2, 0) is 67.9 Å². The van der Waals surface area contributed by atoms with Gasteiger partial charge in [-0.2, -0.15) is 8.61 Å². The molecule has 4 saturated heterocycles. The third kappa shape index (κ3) is 19.9. The summed E-state index contributed by atoms with van der Waals surface area (Å²) >= 11 is 0. The molecule has 12 rings (SSSR count). The van der Waals surface area contributed by atoms with E-state index in [1.165, 1.54) is 81.4 Å². The smallest absolute Gasteiger partial charge is 0.454 e. The van der Waals surface area contributed by atoms with Crippen molar-refractivity contribution in [2.45, 2.75) is 119 Å². The zero-order valence-electron chi connectivity index (χ0n) is 57.2. The van der Waals surface area contributed by atoms with Gasteiger partial charge in [-0.25, -0.2) is 41.0 Å². The summed E-state index contributed by atoms with van der Waals surface area (Å²) in [6.07, 6.45) is -1.49. The molecule has 0 unspecified atom stereocenters. The minimum Gasteiger partial charge on any atom is -0.454 e. The summed E-state index contributed by atoms with van der Waals surface area (Å²) in [6.45, 7) is 9.05. The number of carbonyl (C=O) groups is 4. The van der Waals surface area contributed by atoms with Crippen molar-refractivity contribution >= 4 is 50.2 Å². The number of hydrogen-bond donors (Lipinski definition) is 5. The highest BCUT2D eigenvalue weighted by molar-refractivity contribution is 7.89. The lowest BCUT2D eigenvalue weighted by Gasteiger charge is -2.31. The highest BCUT2D eigenvalue weighted by atomic mass is 32.2. The normalized spacial score (nSPS) is 20.4. The summed E-state index contributed by atoms with van der Waals surface area (Å²) in [7, 11) is -8.26. The van der Waals surface area contributed by atoms with Gasteiger partial charge in [0.2, 0.25) is 33.6 Å². The van der Waals surface area contributed by atoms with Crippen LogP contribution < -0.4 is 49.1 Å². The van der Waals surface area contributed by atoms with Gasteiger partial charge >= 0.3 is 24.4 Å². The quantitative estimate of drug-likeness (QED) is 0.0144. The lowest BCUT2D eigenvalue weighted by Crippen LogP contribution is -2.51. The number of nitro benzene ring substituents is 1. The SMILES string of the molecule is CC(C)CN(C[C@@H](O)[C@H](Cc1ccc(OC(=O)NCCn2ccnc2)cc1)NC(=O)O[C@H]1CO[C@H]2OCC[C@H]21)S(=O)(=O)c1ccc2c(c1)OCO2.CC(C)CN(C[C@@H](O)[C@H](Cc1ccc(OC(=O)Oc2ccc([N+](=O)[O-])cc2)cc1)NC(=O)O[C@H]1CO[C@H]2OCC[C@H]21)S(=O)(=O)c1ccc2c(c1)OCO2. The number of rotatable bonds is 29. The minimum absolute atomic E-state index is 0.00855. The van der Waals surface area contributed by atoms with E-state index in [0.717, 1.165) is 0 Å². The number of fused-ring (bicyclic) bond motifs is 4. The first-order valence-electron chi connectivity index (χ1n) is 33.7. The average molecular weight is 1490 g/mol. The number of alkyl carbamates (subject to hydrolysis) is 2. The molecular formula is C69H82N8O25S2. The number of amides is 3. The summed E-state index contributed by atoms with van der Waals surface area (Å²) in [5, 5.41) is 42.3. The van der Waals surface area contributed by atoms with Crippen LogP contribution >= 0.6 is 0 Å². The van der Waals surface area contributed by atoms with Gasteiger partial charge in [0.25, 0.3) is 5.69 Å². The molecule has 6 aliphatic rings. The van der Waals surface area contributed by atoms with Crippen molar-refractivity contribution in [2.75, 3.05) is 72.7 Å². The van der Waals surface area contributed by atoms with E-state index in [4.69, 9.17) is 61.6 Å². The summed E-state index contributed by atoms with van der Waals surface area (Å²) in [4.78, 5) is 65.3. The Bertz CT molecular complexity index is 4160. The van der Waals surface area contributed by atoms with Crippen LogP contribution in [0, 0.1) is 33.8 Å². The monoisotopic (exact) mass is 1490 g/mol. The van der Waals surface area contributed by atoms with Gasteiger partial charge in [-0.15, -0.1) is 0 Å². The topological polar surface area (TPSA) is 401 Å². The molecule has 0 bridgehead atoms. The summed E-state index contributed by atoms with van der Waals surface area (Å²) in [6, 6.07) is 24.2. The number of aromatic nitrogens is 2. The maximum atomic E-state index is 13.9. The van der Waals surface area contributed by atoms with E-state index in [1.807, 2.05) is 32.3 Å². The molecule has 0 spiro atoms. The van der Waals surface area contributed by atoms with Crippen molar-refractivity contribution in [1.82, 2.24) is 34.1 Å². The van der Waals surface area contributed by atoms with E-state index in [9.17, 15) is 56.3 Å². The zero-order valence-corrected chi connectivity index (χ0v) is 58.8. The Balaban J connectivity index is 0.000000208. The average Bonchev–Trinajstić information content (AvgIpc) is 1.44. The number of imidazole rings is 1. The van der Waals surface area contributed by atoms with Crippen LogP contribution in [0.3, 0.4) is 0 Å². The standard InChI is InChI=1S/C35H39N3O14S.C34H43N5O11S/c1-21(2)17-37(53(44,45)26-11-12-30-31(16-26)49-20-48-30)18-29(39)28(36-34(40)52-32-19-47-33-27(32)13-14-46-33)15-22-3-7-24(8-4-22)50-35(41)51-25-9-5-23(6-10-25)38(42)43;1-22(2)17-39(51(43,44)25-7-8-29-30(16-25)48-21-47-29)18-28(40)27(37-34(42)50-31-19-46-32-26(31)9-14-45-32)15-23-3-5-24(6-4-23)49-33(41)36-11-13-38-12-10-35-20-38/h3-12,16,21,27-29,32-33,39H,13-15,17-20H2,1-2H3,(H,36,40);3-8,10,12,16,20,22,26-28,31-32,40H,9,11,13-15,17-19,21H2,1-2H3,(H,36,41)(H,37,42)/t27-,28-,29+,32-,33+;26-,27-,28+,31-,32+/m00/s1. The third-order valence-corrected chi connectivity index (χ3v) is 21.2. The Morgan fingerprint density at radius 1 is 0.596 bits per heavy atom. The van der Waals surface area contributed by atoms with Gasteiger partial charge in [-0.1, -0.05) is 52.0 Å². The van der Waals surface area contributed by atoms with Crippen LogP contribution in [0.2, 0.25) is 0 Å². The second kappa shape index (κ2) is 34.4. The molecule has 6 aromatic rings. The van der Waals surface area contributed by atoms with E-state index < -0.39 is 98.5 Å². The molecule has 5 N–H and O–H groups in total. The van der Waals surface area contributed by atoms with Gasteiger partial charge in [0, 0.05) is 75.9 Å². The highest BCUT2D eigenvalue weighted by Gasteiger charge is 2.46. The molecule has 4 fully saturated rings. The van der Waals surface area contributed by atoms with E-state index >= 15 is 0 Å². The van der Waals surface area contributed by atoms with Crippen molar-refractivity contribution in [3.05, 3.63) is 149 Å². The van der Waals surface area contributed by atoms with E-state index in [2.05, 4.69) is 20.9 Å². The Labute approximate surface area is 599 Å². The Hall–Kier alpha value is -9.43. The summed E-state index contributed by atoms with van der Waals surface area (Å²) in [5.41, 5.74) is 1.10. The van der Waals surface area contributed by atoms with Crippen molar-refractivity contribution < 1.29 is 113 Å². The molecule has 6 aliphatic heterocycles. The fraction of sp³-hybridized carbons (Fsp3) is 0.464. The predicted octanol–water partition coefficient (Wildman–Crippen LogP) is 6.51. The highest BCUT2D eigenvalue weighted by Crippen LogP contribution is 2.38. The van der Waals surface area contributed by atoms with Crippen LogP contribution in [0.5, 0.6) is 40.2 Å². The molecule has 104 heavy (non-hydrogen) atoms. The van der Waals surface area contributed by atoms with Crippen LogP contribution in [-0.4, -0.2) is 196 Å². The van der Waals surface area contributed by atoms with Gasteiger partial charge in [-0.3, -0.25) is 10.1 Å². The largest absolute Gasteiger partial charge is 0.519 e. The van der Waals surface area contributed by atoms with Gasteiger partial charge < -0.3 is 92.3 Å². The first-order chi connectivity index (χ1) is 49.9. The Morgan fingerprint density at radius 3 is 1.47 bits per heavy atom. The minimum atomic E-state index is -4.15. The number of aliphatic hydroxyl groups excluding tert-OH is 2. The van der Waals surface area contributed by atoms with E-state index in [1.54, 1.807) is 55.1 Å². The fourth-order valence-corrected chi connectivity index (χ4v) is 15.6. The number of sulfonamides is 2. The Morgan fingerprint density at radius 2 is 1.04 bits per heavy atom. The van der Waals surface area contributed by atoms with Crippen LogP contribution in [0.15, 0.2) is 138 Å². The van der Waals surface area contributed by atoms with Crippen LogP contribution in [0.4, 0.5) is 24.9 Å². The number of nitrogens with zero attached hydrogens (tertiary/aromatic N) is 5. The zero-order chi connectivity index (χ0) is 73.7. The van der Waals surface area contributed by atoms with Gasteiger partial charge in [0.05, 0.1) is 83.6 Å². The molecular weight excluding hydrogens is 1400 g/mol.